The Morgan fingerprint density at radius 2 is 1.85 bits per heavy atom. The first kappa shape index (κ1) is 16.4. The molecule has 5 nitrogen and oxygen atoms in total. The Morgan fingerprint density at radius 3 is 2.69 bits per heavy atom. The number of hydrogen-bond acceptors (Lipinski definition) is 3. The highest BCUT2D eigenvalue weighted by atomic mass is 16.2. The van der Waals surface area contributed by atoms with Crippen LogP contribution in [0.5, 0.6) is 0 Å². The van der Waals surface area contributed by atoms with Gasteiger partial charge in [0.05, 0.1) is 0 Å². The second kappa shape index (κ2) is 6.33. The van der Waals surface area contributed by atoms with Crippen LogP contribution in [0.2, 0.25) is 0 Å². The molecule has 0 radical (unpaired) electrons. The number of fused-ring (bicyclic) bond motifs is 2. The molecule has 5 heteroatoms. The molecule has 1 amide bonds. The number of hydrogen-bond donors (Lipinski definition) is 1. The molecule has 0 saturated heterocycles. The molecule has 0 fully saturated rings. The van der Waals surface area contributed by atoms with Gasteiger partial charge in [0.25, 0.3) is 5.91 Å². The summed E-state index contributed by atoms with van der Waals surface area (Å²) in [4.78, 5) is 33.1. The van der Waals surface area contributed by atoms with E-state index in [-0.39, 0.29) is 22.9 Å². The van der Waals surface area contributed by atoms with Crippen LogP contribution in [-0.4, -0.2) is 35.4 Å². The summed E-state index contributed by atoms with van der Waals surface area (Å²) in [6.45, 7) is 3.23. The molecule has 1 atom stereocenters. The van der Waals surface area contributed by atoms with E-state index in [9.17, 15) is 9.59 Å². The normalized spacial score (nSPS) is 17.1. The number of benzene rings is 2. The molecule has 1 unspecified atom stereocenters. The Kier molecular flexibility index (Phi) is 3.99. The van der Waals surface area contributed by atoms with E-state index in [0.717, 1.165) is 16.8 Å². The minimum Gasteiger partial charge on any atom is -0.372 e. The third kappa shape index (κ3) is 2.65. The first-order chi connectivity index (χ1) is 12.6. The fourth-order valence-electron chi connectivity index (χ4n) is 3.70. The number of H-pyrrole nitrogens is 1. The van der Waals surface area contributed by atoms with Crippen molar-refractivity contribution in [2.75, 3.05) is 18.5 Å². The van der Waals surface area contributed by atoms with Crippen LogP contribution in [0.4, 0.5) is 5.69 Å². The predicted molar refractivity (Wildman–Crippen MR) is 104 cm³/mol. The monoisotopic (exact) mass is 347 g/mol. The lowest BCUT2D eigenvalue weighted by Gasteiger charge is -2.28. The lowest BCUT2D eigenvalue weighted by atomic mass is 10.1. The molecule has 2 heterocycles. The summed E-state index contributed by atoms with van der Waals surface area (Å²) in [7, 11) is 2.03. The molecule has 2 aromatic carbocycles. The number of nitrogens with zero attached hydrogens (tertiary/aromatic N) is 2. The average molecular weight is 347 g/mol. The van der Waals surface area contributed by atoms with Gasteiger partial charge in [-0.2, -0.15) is 0 Å². The third-order valence-corrected chi connectivity index (χ3v) is 5.09. The maximum Gasteiger partial charge on any atom is 0.259 e. The van der Waals surface area contributed by atoms with Gasteiger partial charge in [0, 0.05) is 49.0 Å². The summed E-state index contributed by atoms with van der Waals surface area (Å²) in [5.74, 6) is -0.227. The standard InChI is InChI=1S/C21H21N3O2/c1-14-12-23(2)19-10-6-3-7-15(19)13-24(14)21(26)17-11-22-18-9-5-4-8-16(18)20(17)25/h3-11,14H,12-13H2,1-2H3,(H,22,25). The fraction of sp³-hybridized carbons (Fsp3) is 0.238. The molecule has 1 N–H and O–H groups in total. The maximum absolute atomic E-state index is 13.2. The Bertz CT molecular complexity index is 1040. The molecule has 1 aliphatic heterocycles. The molecule has 4 rings (SSSR count). The van der Waals surface area contributed by atoms with E-state index < -0.39 is 0 Å². The SMILES string of the molecule is CC1CN(C)c2ccccc2CN1C(=O)c1c[nH]c2ccccc2c1=O. The number of para-hydroxylation sites is 2. The Labute approximate surface area is 151 Å². The van der Waals surface area contributed by atoms with Gasteiger partial charge >= 0.3 is 0 Å². The highest BCUT2D eigenvalue weighted by molar-refractivity contribution is 5.97. The highest BCUT2D eigenvalue weighted by Crippen LogP contribution is 2.26. The van der Waals surface area contributed by atoms with Crippen LogP contribution in [0.3, 0.4) is 0 Å². The lowest BCUT2D eigenvalue weighted by molar-refractivity contribution is 0.0686. The summed E-state index contributed by atoms with van der Waals surface area (Å²) in [5, 5.41) is 0.540. The molecule has 26 heavy (non-hydrogen) atoms. The average Bonchev–Trinajstić information content (AvgIpc) is 2.78. The van der Waals surface area contributed by atoms with Crippen LogP contribution in [0.25, 0.3) is 10.9 Å². The van der Waals surface area contributed by atoms with Crippen LogP contribution in [0.15, 0.2) is 59.5 Å². The molecule has 0 saturated carbocycles. The van der Waals surface area contributed by atoms with E-state index in [1.807, 2.05) is 50.4 Å². The molecule has 0 bridgehead atoms. The number of aromatic nitrogens is 1. The Hall–Kier alpha value is -3.08. The summed E-state index contributed by atoms with van der Waals surface area (Å²) >= 11 is 0. The van der Waals surface area contributed by atoms with Crippen LogP contribution in [0.1, 0.15) is 22.8 Å². The van der Waals surface area contributed by atoms with Crippen molar-refractivity contribution in [3.05, 3.63) is 76.1 Å². The van der Waals surface area contributed by atoms with E-state index in [1.165, 1.54) is 0 Å². The van der Waals surface area contributed by atoms with Crippen LogP contribution in [0, 0.1) is 0 Å². The molecule has 1 aromatic heterocycles. The minimum absolute atomic E-state index is 0.00855. The molecule has 0 spiro atoms. The first-order valence-electron chi connectivity index (χ1n) is 8.76. The summed E-state index contributed by atoms with van der Waals surface area (Å²) in [5.41, 5.74) is 2.93. The highest BCUT2D eigenvalue weighted by Gasteiger charge is 2.29. The van der Waals surface area contributed by atoms with Crippen molar-refractivity contribution in [2.24, 2.45) is 0 Å². The van der Waals surface area contributed by atoms with Crippen LogP contribution < -0.4 is 10.3 Å². The van der Waals surface area contributed by atoms with Crippen LogP contribution >= 0.6 is 0 Å². The Balaban J connectivity index is 1.76. The topological polar surface area (TPSA) is 56.4 Å². The van der Waals surface area contributed by atoms with E-state index in [1.54, 1.807) is 17.2 Å². The number of anilines is 1. The van der Waals surface area contributed by atoms with Gasteiger partial charge in [-0.3, -0.25) is 9.59 Å². The van der Waals surface area contributed by atoms with Gasteiger partial charge < -0.3 is 14.8 Å². The van der Waals surface area contributed by atoms with Gasteiger partial charge in [0.15, 0.2) is 0 Å². The van der Waals surface area contributed by atoms with E-state index in [0.29, 0.717) is 18.5 Å². The molecule has 3 aromatic rings. The second-order valence-electron chi connectivity index (χ2n) is 6.87. The summed E-state index contributed by atoms with van der Waals surface area (Å²) in [6, 6.07) is 15.3. The van der Waals surface area contributed by atoms with Crippen molar-refractivity contribution in [3.63, 3.8) is 0 Å². The molecular weight excluding hydrogens is 326 g/mol. The number of nitrogens with one attached hydrogen (secondary N) is 1. The van der Waals surface area contributed by atoms with E-state index in [4.69, 9.17) is 0 Å². The van der Waals surface area contributed by atoms with Gasteiger partial charge in [-0.05, 0) is 30.7 Å². The number of carbonyl (C=O) groups excluding carboxylic acids is 1. The smallest absolute Gasteiger partial charge is 0.259 e. The number of carbonyl (C=O) groups is 1. The van der Waals surface area contributed by atoms with Crippen molar-refractivity contribution in [1.82, 2.24) is 9.88 Å². The van der Waals surface area contributed by atoms with E-state index in [2.05, 4.69) is 16.0 Å². The zero-order chi connectivity index (χ0) is 18.3. The number of likely N-dealkylation sites (N-methyl/N-ethyl adjacent to an activating group) is 1. The van der Waals surface area contributed by atoms with E-state index >= 15 is 0 Å². The number of pyridine rings is 1. The summed E-state index contributed by atoms with van der Waals surface area (Å²) in [6.07, 6.45) is 1.54. The van der Waals surface area contributed by atoms with Crippen LogP contribution in [-0.2, 0) is 6.54 Å². The van der Waals surface area contributed by atoms with Crippen molar-refractivity contribution in [1.29, 1.82) is 0 Å². The molecular formula is C21H21N3O2. The lowest BCUT2D eigenvalue weighted by Crippen LogP contribution is -2.43. The quantitative estimate of drug-likeness (QED) is 0.736. The van der Waals surface area contributed by atoms with Gasteiger partial charge in [-0.1, -0.05) is 30.3 Å². The van der Waals surface area contributed by atoms with Gasteiger partial charge in [0.1, 0.15) is 5.56 Å². The fourth-order valence-corrected chi connectivity index (χ4v) is 3.70. The molecule has 0 aliphatic carbocycles. The molecule has 132 valence electrons. The van der Waals surface area contributed by atoms with Crippen molar-refractivity contribution >= 4 is 22.5 Å². The predicted octanol–water partition coefficient (Wildman–Crippen LogP) is 3.01. The first-order valence-corrected chi connectivity index (χ1v) is 8.76. The summed E-state index contributed by atoms with van der Waals surface area (Å²) < 4.78 is 0. The maximum atomic E-state index is 13.2. The van der Waals surface area contributed by atoms with Crippen molar-refractivity contribution in [2.45, 2.75) is 19.5 Å². The zero-order valence-corrected chi connectivity index (χ0v) is 14.9. The number of aromatic amines is 1. The Morgan fingerprint density at radius 1 is 1.12 bits per heavy atom. The van der Waals surface area contributed by atoms with Gasteiger partial charge in [0.2, 0.25) is 5.43 Å². The second-order valence-corrected chi connectivity index (χ2v) is 6.87. The number of rotatable bonds is 1. The van der Waals surface area contributed by atoms with Gasteiger partial charge in [-0.25, -0.2) is 0 Å². The van der Waals surface area contributed by atoms with Crippen molar-refractivity contribution < 1.29 is 4.79 Å². The largest absolute Gasteiger partial charge is 0.372 e. The molecule has 1 aliphatic rings. The number of amides is 1. The zero-order valence-electron chi connectivity index (χ0n) is 14.9. The minimum atomic E-state index is -0.227. The third-order valence-electron chi connectivity index (χ3n) is 5.09. The van der Waals surface area contributed by atoms with Gasteiger partial charge in [-0.15, -0.1) is 0 Å². The van der Waals surface area contributed by atoms with Crippen molar-refractivity contribution in [3.8, 4) is 0 Å².